The standard InChI is InChI=1S/C14H18ClNO2/c15-9-8-11-5-3-4-10-16(11)14(18)12-6-1-2-7-13(12)17/h1-2,6-7,11,17H,3-5,8-10H2. The maximum Gasteiger partial charge on any atom is 0.257 e. The fourth-order valence-electron chi connectivity index (χ4n) is 2.50. The molecule has 98 valence electrons. The Hall–Kier alpha value is -1.22. The minimum absolute atomic E-state index is 0.0534. The van der Waals surface area contributed by atoms with Crippen LogP contribution in [0.3, 0.4) is 0 Å². The summed E-state index contributed by atoms with van der Waals surface area (Å²) >= 11 is 5.79. The van der Waals surface area contributed by atoms with Crippen molar-refractivity contribution in [3.8, 4) is 5.75 Å². The minimum atomic E-state index is -0.0806. The lowest BCUT2D eigenvalue weighted by atomic mass is 9.98. The molecule has 4 heteroatoms. The molecule has 1 aromatic carbocycles. The van der Waals surface area contributed by atoms with Crippen molar-refractivity contribution in [2.24, 2.45) is 0 Å². The topological polar surface area (TPSA) is 40.5 Å². The van der Waals surface area contributed by atoms with Crippen molar-refractivity contribution in [2.45, 2.75) is 31.7 Å². The fraction of sp³-hybridized carbons (Fsp3) is 0.500. The number of rotatable bonds is 3. The first kappa shape index (κ1) is 13.2. The smallest absolute Gasteiger partial charge is 0.257 e. The first-order valence-electron chi connectivity index (χ1n) is 6.39. The predicted molar refractivity (Wildman–Crippen MR) is 72.1 cm³/mol. The van der Waals surface area contributed by atoms with Crippen molar-refractivity contribution in [1.29, 1.82) is 0 Å². The van der Waals surface area contributed by atoms with Crippen LogP contribution < -0.4 is 0 Å². The summed E-state index contributed by atoms with van der Waals surface area (Å²) in [4.78, 5) is 14.3. The van der Waals surface area contributed by atoms with Crippen LogP contribution in [0.1, 0.15) is 36.0 Å². The Morgan fingerprint density at radius 1 is 1.39 bits per heavy atom. The van der Waals surface area contributed by atoms with Gasteiger partial charge in [0.05, 0.1) is 5.56 Å². The van der Waals surface area contributed by atoms with Gasteiger partial charge in [-0.2, -0.15) is 0 Å². The molecule has 1 aliphatic heterocycles. The number of piperidine rings is 1. The molecule has 1 aliphatic rings. The monoisotopic (exact) mass is 267 g/mol. The molecular weight excluding hydrogens is 250 g/mol. The van der Waals surface area contributed by atoms with E-state index in [1.807, 2.05) is 4.90 Å². The van der Waals surface area contributed by atoms with Crippen LogP contribution in [-0.2, 0) is 0 Å². The highest BCUT2D eigenvalue weighted by atomic mass is 35.5. The molecule has 3 nitrogen and oxygen atoms in total. The first-order valence-corrected chi connectivity index (χ1v) is 6.92. The summed E-state index contributed by atoms with van der Waals surface area (Å²) in [6.07, 6.45) is 4.00. The maximum atomic E-state index is 12.4. The SMILES string of the molecule is O=C(c1ccccc1O)N1CCCCC1CCCl. The Bertz CT molecular complexity index is 420. The number of amides is 1. The lowest BCUT2D eigenvalue weighted by Gasteiger charge is -2.35. The Balaban J connectivity index is 2.18. The van der Waals surface area contributed by atoms with Crippen LogP contribution in [0.5, 0.6) is 5.75 Å². The highest BCUT2D eigenvalue weighted by molar-refractivity contribution is 6.17. The largest absolute Gasteiger partial charge is 0.507 e. The van der Waals surface area contributed by atoms with Crippen LogP contribution in [0.4, 0.5) is 0 Å². The van der Waals surface area contributed by atoms with Crippen molar-refractivity contribution >= 4 is 17.5 Å². The van der Waals surface area contributed by atoms with E-state index in [9.17, 15) is 9.90 Å². The zero-order chi connectivity index (χ0) is 13.0. The van der Waals surface area contributed by atoms with Crippen LogP contribution >= 0.6 is 11.6 Å². The molecule has 1 unspecified atom stereocenters. The molecule has 1 amide bonds. The van der Waals surface area contributed by atoms with Gasteiger partial charge in [0, 0.05) is 18.5 Å². The first-order chi connectivity index (χ1) is 8.74. The second-order valence-electron chi connectivity index (χ2n) is 4.64. The zero-order valence-corrected chi connectivity index (χ0v) is 11.1. The van der Waals surface area contributed by atoms with Gasteiger partial charge in [-0.3, -0.25) is 4.79 Å². The molecule has 1 saturated heterocycles. The average molecular weight is 268 g/mol. The molecule has 18 heavy (non-hydrogen) atoms. The number of hydrogen-bond donors (Lipinski definition) is 1. The number of para-hydroxylation sites is 1. The van der Waals surface area contributed by atoms with Crippen molar-refractivity contribution in [3.63, 3.8) is 0 Å². The summed E-state index contributed by atoms with van der Waals surface area (Å²) in [5.41, 5.74) is 0.388. The Labute approximate surface area is 112 Å². The van der Waals surface area contributed by atoms with Crippen molar-refractivity contribution in [1.82, 2.24) is 4.90 Å². The number of phenols is 1. The number of alkyl halides is 1. The highest BCUT2D eigenvalue weighted by Gasteiger charge is 2.28. The number of nitrogens with zero attached hydrogens (tertiary/aromatic N) is 1. The number of likely N-dealkylation sites (tertiary alicyclic amines) is 1. The highest BCUT2D eigenvalue weighted by Crippen LogP contribution is 2.25. The van der Waals surface area contributed by atoms with Gasteiger partial charge in [0.15, 0.2) is 0 Å². The number of hydrogen-bond acceptors (Lipinski definition) is 2. The van der Waals surface area contributed by atoms with Gasteiger partial charge in [0.25, 0.3) is 5.91 Å². The molecule has 0 bridgehead atoms. The van der Waals surface area contributed by atoms with Gasteiger partial charge in [-0.1, -0.05) is 12.1 Å². The van der Waals surface area contributed by atoms with Gasteiger partial charge < -0.3 is 10.0 Å². The summed E-state index contributed by atoms with van der Waals surface area (Å²) in [6.45, 7) is 0.759. The lowest BCUT2D eigenvalue weighted by molar-refractivity contribution is 0.0606. The van der Waals surface area contributed by atoms with Crippen molar-refractivity contribution < 1.29 is 9.90 Å². The lowest BCUT2D eigenvalue weighted by Crippen LogP contribution is -2.44. The zero-order valence-electron chi connectivity index (χ0n) is 10.3. The third-order valence-electron chi connectivity index (χ3n) is 3.46. The van der Waals surface area contributed by atoms with Crippen molar-refractivity contribution in [2.75, 3.05) is 12.4 Å². The number of carbonyl (C=O) groups is 1. The summed E-state index contributed by atoms with van der Waals surface area (Å²) in [5, 5.41) is 9.75. The summed E-state index contributed by atoms with van der Waals surface area (Å²) in [6, 6.07) is 6.92. The summed E-state index contributed by atoms with van der Waals surface area (Å²) in [7, 11) is 0. The number of carbonyl (C=O) groups excluding carboxylic acids is 1. The molecule has 0 spiro atoms. The van der Waals surface area contributed by atoms with E-state index in [-0.39, 0.29) is 17.7 Å². The second kappa shape index (κ2) is 6.10. The predicted octanol–water partition coefficient (Wildman–Crippen LogP) is 3.02. The molecule has 0 radical (unpaired) electrons. The molecule has 1 atom stereocenters. The van der Waals surface area contributed by atoms with E-state index in [1.54, 1.807) is 24.3 Å². The molecule has 0 saturated carbocycles. The molecule has 1 heterocycles. The molecule has 0 aromatic heterocycles. The van der Waals surface area contributed by atoms with Crippen LogP contribution in [0.2, 0.25) is 0 Å². The van der Waals surface area contributed by atoms with Crippen LogP contribution in [-0.4, -0.2) is 34.4 Å². The summed E-state index contributed by atoms with van der Waals surface area (Å²) in [5.74, 6) is 0.537. The quantitative estimate of drug-likeness (QED) is 0.856. The number of benzene rings is 1. The Kier molecular flexibility index (Phi) is 4.48. The van der Waals surface area contributed by atoms with Crippen LogP contribution in [0.25, 0.3) is 0 Å². The van der Waals surface area contributed by atoms with E-state index in [2.05, 4.69) is 0 Å². The maximum absolute atomic E-state index is 12.4. The van der Waals surface area contributed by atoms with E-state index in [1.165, 1.54) is 0 Å². The number of phenolic OH excluding ortho intramolecular Hbond substituents is 1. The van der Waals surface area contributed by atoms with E-state index < -0.39 is 0 Å². The third-order valence-corrected chi connectivity index (χ3v) is 3.68. The average Bonchev–Trinajstić information content (AvgIpc) is 2.40. The molecule has 1 fully saturated rings. The van der Waals surface area contributed by atoms with Gasteiger partial charge in [-0.15, -0.1) is 11.6 Å². The number of halogens is 1. The van der Waals surface area contributed by atoms with Crippen molar-refractivity contribution in [3.05, 3.63) is 29.8 Å². The minimum Gasteiger partial charge on any atom is -0.507 e. The van der Waals surface area contributed by atoms with Gasteiger partial charge in [0.1, 0.15) is 5.75 Å². The van der Waals surface area contributed by atoms with Crippen LogP contribution in [0, 0.1) is 0 Å². The second-order valence-corrected chi connectivity index (χ2v) is 5.02. The molecule has 1 N–H and O–H groups in total. The van der Waals surface area contributed by atoms with E-state index in [0.29, 0.717) is 11.4 Å². The fourth-order valence-corrected chi connectivity index (χ4v) is 2.76. The van der Waals surface area contributed by atoms with E-state index in [0.717, 1.165) is 32.2 Å². The third kappa shape index (κ3) is 2.78. The van der Waals surface area contributed by atoms with E-state index >= 15 is 0 Å². The molecule has 1 aromatic rings. The Morgan fingerprint density at radius 3 is 2.89 bits per heavy atom. The van der Waals surface area contributed by atoms with Crippen LogP contribution in [0.15, 0.2) is 24.3 Å². The summed E-state index contributed by atoms with van der Waals surface area (Å²) < 4.78 is 0. The normalized spacial score (nSPS) is 19.8. The van der Waals surface area contributed by atoms with Gasteiger partial charge in [0.2, 0.25) is 0 Å². The van der Waals surface area contributed by atoms with E-state index in [4.69, 9.17) is 11.6 Å². The van der Waals surface area contributed by atoms with Gasteiger partial charge >= 0.3 is 0 Å². The number of aromatic hydroxyl groups is 1. The molecular formula is C14H18ClNO2. The molecule has 2 rings (SSSR count). The Morgan fingerprint density at radius 2 is 2.17 bits per heavy atom. The van der Waals surface area contributed by atoms with Gasteiger partial charge in [-0.25, -0.2) is 0 Å². The molecule has 0 aliphatic carbocycles. The van der Waals surface area contributed by atoms with Gasteiger partial charge in [-0.05, 0) is 37.8 Å².